The van der Waals surface area contributed by atoms with Crippen LogP contribution in [0.3, 0.4) is 0 Å². The Kier molecular flexibility index (Phi) is 16.3. The quantitative estimate of drug-likeness (QED) is 0.145. The number of methoxy groups -OCH3 is 1. The number of carbonyl (C=O) groups is 5. The molecule has 0 fully saturated rings. The average molecular weight is 575 g/mol. The summed E-state index contributed by atoms with van der Waals surface area (Å²) in [6, 6.07) is -0.374. The van der Waals surface area contributed by atoms with Gasteiger partial charge in [0.15, 0.2) is 0 Å². The lowest BCUT2D eigenvalue weighted by atomic mass is 10.2. The summed E-state index contributed by atoms with van der Waals surface area (Å²) < 4.78 is 9.91. The molecule has 4 N–H and O–H groups in total. The molecule has 4 amide bonds. The summed E-state index contributed by atoms with van der Waals surface area (Å²) in [6.45, 7) is 16.0. The third-order valence-corrected chi connectivity index (χ3v) is 4.89. The molecule has 15 heteroatoms. The predicted molar refractivity (Wildman–Crippen MR) is 149 cm³/mol. The molecule has 15 nitrogen and oxygen atoms in total. The molecule has 40 heavy (non-hydrogen) atoms. The summed E-state index contributed by atoms with van der Waals surface area (Å²) in [6.07, 6.45) is -0.683. The fraction of sp³-hybridized carbons (Fsp3) is 0.800. The highest BCUT2D eigenvalue weighted by Gasteiger charge is 2.23. The van der Waals surface area contributed by atoms with Crippen molar-refractivity contribution >= 4 is 29.8 Å². The first-order valence-corrected chi connectivity index (χ1v) is 13.3. The molecule has 0 aliphatic carbocycles. The van der Waals surface area contributed by atoms with E-state index in [-0.39, 0.29) is 44.2 Å². The first-order chi connectivity index (χ1) is 18.3. The lowest BCUT2D eigenvalue weighted by molar-refractivity contribution is -0.145. The van der Waals surface area contributed by atoms with Gasteiger partial charge in [-0.15, -0.1) is 0 Å². The maximum Gasteiger partial charge on any atom is 0.422 e. The van der Waals surface area contributed by atoms with Gasteiger partial charge in [-0.25, -0.2) is 24.8 Å². The summed E-state index contributed by atoms with van der Waals surface area (Å²) in [5.41, 5.74) is 9.81. The van der Waals surface area contributed by atoms with E-state index >= 15 is 0 Å². The largest absolute Gasteiger partial charge is 0.468 e. The van der Waals surface area contributed by atoms with E-state index in [0.717, 1.165) is 0 Å². The molecule has 232 valence electrons. The number of rotatable bonds is 16. The molecular weight excluding hydrogens is 524 g/mol. The maximum atomic E-state index is 12.7. The summed E-state index contributed by atoms with van der Waals surface area (Å²) in [5.74, 6) is -1.71. The van der Waals surface area contributed by atoms with Crippen molar-refractivity contribution < 1.29 is 33.4 Å². The van der Waals surface area contributed by atoms with E-state index in [9.17, 15) is 24.0 Å². The van der Waals surface area contributed by atoms with Gasteiger partial charge in [-0.1, -0.05) is 13.8 Å². The number of likely N-dealkylation sites (N-methyl/N-ethyl adjacent to an activating group) is 1. The Bertz CT molecular complexity index is 846. The molecule has 0 bridgehead atoms. The third kappa shape index (κ3) is 17.6. The van der Waals surface area contributed by atoms with E-state index in [1.807, 2.05) is 27.7 Å². The molecule has 0 heterocycles. The Morgan fingerprint density at radius 1 is 0.700 bits per heavy atom. The van der Waals surface area contributed by atoms with E-state index < -0.39 is 35.4 Å². The second-order valence-electron chi connectivity index (χ2n) is 11.4. The number of hydrazine groups is 4. The molecule has 0 aromatic carbocycles. The van der Waals surface area contributed by atoms with Crippen LogP contribution in [0.1, 0.15) is 62.3 Å². The van der Waals surface area contributed by atoms with E-state index in [1.54, 1.807) is 34.6 Å². The molecule has 0 aromatic heterocycles. The molecule has 0 unspecified atom stereocenters. The topological polar surface area (TPSA) is 165 Å². The van der Waals surface area contributed by atoms with Crippen molar-refractivity contribution in [3.8, 4) is 0 Å². The number of ether oxygens (including phenoxy) is 2. The highest BCUT2D eigenvalue weighted by molar-refractivity contribution is 5.81. The molecular formula is C25H50N8O7. The Morgan fingerprint density at radius 2 is 1.20 bits per heavy atom. The molecule has 0 aliphatic rings. The van der Waals surface area contributed by atoms with Gasteiger partial charge >= 0.3 is 12.1 Å². The van der Waals surface area contributed by atoms with Crippen molar-refractivity contribution in [3.63, 3.8) is 0 Å². The fourth-order valence-electron chi connectivity index (χ4n) is 3.15. The van der Waals surface area contributed by atoms with Crippen LogP contribution in [-0.4, -0.2) is 114 Å². The molecule has 0 rings (SSSR count). The monoisotopic (exact) mass is 574 g/mol. The van der Waals surface area contributed by atoms with Gasteiger partial charge in [0.05, 0.1) is 26.7 Å². The van der Waals surface area contributed by atoms with Gasteiger partial charge in [-0.2, -0.15) is 0 Å². The first kappa shape index (κ1) is 37.0. The summed E-state index contributed by atoms with van der Waals surface area (Å²) in [5, 5.41) is 5.64. The normalized spacial score (nSPS) is 11.9. The number of nitrogens with zero attached hydrogens (tertiary/aromatic N) is 4. The molecule has 0 saturated carbocycles. The smallest absolute Gasteiger partial charge is 0.422 e. The summed E-state index contributed by atoms with van der Waals surface area (Å²) >= 11 is 0. The van der Waals surface area contributed by atoms with Gasteiger partial charge in [0.1, 0.15) is 12.1 Å². The second-order valence-corrected chi connectivity index (χ2v) is 11.4. The molecule has 0 aliphatic heterocycles. The van der Waals surface area contributed by atoms with E-state index in [1.165, 1.54) is 34.2 Å². The average Bonchev–Trinajstić information content (AvgIpc) is 2.75. The Hall–Kier alpha value is -3.01. The second kappa shape index (κ2) is 17.6. The predicted octanol–water partition coefficient (Wildman–Crippen LogP) is 0.00330. The zero-order valence-electron chi connectivity index (χ0n) is 25.9. The Balaban J connectivity index is 5.00. The molecule has 0 atom stereocenters. The molecule has 0 radical (unpaired) electrons. The first-order valence-electron chi connectivity index (χ1n) is 13.3. The van der Waals surface area contributed by atoms with Crippen molar-refractivity contribution in [1.82, 2.24) is 41.7 Å². The third-order valence-electron chi connectivity index (χ3n) is 4.89. The Morgan fingerprint density at radius 3 is 1.68 bits per heavy atom. The van der Waals surface area contributed by atoms with Crippen LogP contribution in [0.5, 0.6) is 0 Å². The van der Waals surface area contributed by atoms with Crippen LogP contribution >= 0.6 is 0 Å². The van der Waals surface area contributed by atoms with Crippen molar-refractivity contribution in [2.24, 2.45) is 5.92 Å². The van der Waals surface area contributed by atoms with E-state index in [0.29, 0.717) is 6.54 Å². The highest BCUT2D eigenvalue weighted by Crippen LogP contribution is 2.07. The summed E-state index contributed by atoms with van der Waals surface area (Å²) in [4.78, 5) is 61.7. The van der Waals surface area contributed by atoms with Crippen molar-refractivity contribution in [2.45, 2.75) is 80.0 Å². The van der Waals surface area contributed by atoms with E-state index in [4.69, 9.17) is 4.74 Å². The van der Waals surface area contributed by atoms with Crippen LogP contribution in [0.4, 0.5) is 4.79 Å². The van der Waals surface area contributed by atoms with E-state index in [2.05, 4.69) is 26.4 Å². The lowest BCUT2D eigenvalue weighted by Crippen LogP contribution is -2.57. The molecule has 0 saturated heterocycles. The van der Waals surface area contributed by atoms with Gasteiger partial charge in [0.25, 0.3) is 0 Å². The van der Waals surface area contributed by atoms with Gasteiger partial charge in [-0.3, -0.25) is 40.9 Å². The van der Waals surface area contributed by atoms with Crippen LogP contribution < -0.4 is 21.7 Å². The van der Waals surface area contributed by atoms with Crippen LogP contribution in [0, 0.1) is 5.92 Å². The minimum atomic E-state index is -0.691. The number of esters is 1. The van der Waals surface area contributed by atoms with Crippen LogP contribution in [0.15, 0.2) is 0 Å². The molecule has 0 aromatic rings. The fourth-order valence-corrected chi connectivity index (χ4v) is 3.15. The van der Waals surface area contributed by atoms with Crippen molar-refractivity contribution in [2.75, 3.05) is 46.9 Å². The summed E-state index contributed by atoms with van der Waals surface area (Å²) in [7, 11) is 2.79. The maximum absolute atomic E-state index is 12.7. The number of carbonyl (C=O) groups excluding carboxylic acids is 5. The van der Waals surface area contributed by atoms with Gasteiger partial charge in [0, 0.05) is 25.7 Å². The number of hydrogen-bond donors (Lipinski definition) is 4. The van der Waals surface area contributed by atoms with Crippen molar-refractivity contribution in [3.05, 3.63) is 0 Å². The highest BCUT2D eigenvalue weighted by atomic mass is 16.6. The minimum absolute atomic E-state index is 0.123. The van der Waals surface area contributed by atoms with Gasteiger partial charge in [0.2, 0.25) is 17.7 Å². The Labute approximate surface area is 238 Å². The van der Waals surface area contributed by atoms with Crippen LogP contribution in [0.25, 0.3) is 0 Å². The number of amides is 4. The standard InChI is InChI=1S/C25H50N8O7/c1-17(2)12-31(14-21(35)28-33(19(5)6)16-23(37)39-11)27-20(34)13-30(10)26-22(36)15-32(18(3)4)29-24(38)40-25(7,8)9/h17-19H,12-16H2,1-11H3,(H,26,36)(H,27,34)(H,28,35)(H,29,38). The van der Waals surface area contributed by atoms with Crippen LogP contribution in [-0.2, 0) is 28.7 Å². The lowest BCUT2D eigenvalue weighted by Gasteiger charge is -2.30. The van der Waals surface area contributed by atoms with Crippen molar-refractivity contribution in [1.29, 1.82) is 0 Å². The number of hydrogen-bond acceptors (Lipinski definition) is 11. The van der Waals surface area contributed by atoms with Crippen LogP contribution in [0.2, 0.25) is 0 Å². The van der Waals surface area contributed by atoms with Gasteiger partial charge in [-0.05, 0) is 54.4 Å². The SMILES string of the molecule is COC(=O)CN(NC(=O)CN(CC(C)C)NC(=O)CN(C)NC(=O)CN(NC(=O)OC(C)(C)C)C(C)C)C(C)C. The minimum Gasteiger partial charge on any atom is -0.468 e. The zero-order chi connectivity index (χ0) is 31.2. The number of nitrogens with one attached hydrogen (secondary N) is 4. The molecule has 0 spiro atoms. The van der Waals surface area contributed by atoms with Gasteiger partial charge < -0.3 is 9.47 Å². The zero-order valence-corrected chi connectivity index (χ0v) is 25.9.